The van der Waals surface area contributed by atoms with Crippen LogP contribution in [-0.4, -0.2) is 32.9 Å². The van der Waals surface area contributed by atoms with E-state index in [1.165, 1.54) is 0 Å². The fourth-order valence-corrected chi connectivity index (χ4v) is 1.96. The van der Waals surface area contributed by atoms with Crippen LogP contribution < -0.4 is 9.47 Å². The summed E-state index contributed by atoms with van der Waals surface area (Å²) in [4.78, 5) is 0. The summed E-state index contributed by atoms with van der Waals surface area (Å²) in [5, 5.41) is 9.61. The molecule has 1 aromatic rings. The molecule has 0 saturated heterocycles. The van der Waals surface area contributed by atoms with Gasteiger partial charge >= 0.3 is 0 Å². The molecular formula is C15H24O5. The monoisotopic (exact) mass is 284 g/mol. The normalized spacial score (nSPS) is 10.9. The molecule has 0 bridgehead atoms. The number of hydrogen-bond acceptors (Lipinski definition) is 5. The number of methoxy groups -OCH3 is 2. The van der Waals surface area contributed by atoms with E-state index in [1.807, 2.05) is 12.1 Å². The maximum atomic E-state index is 9.61. The van der Waals surface area contributed by atoms with E-state index in [0.717, 1.165) is 12.0 Å². The minimum absolute atomic E-state index is 0.125. The molecule has 1 aromatic carbocycles. The van der Waals surface area contributed by atoms with Crippen molar-refractivity contribution in [3.8, 4) is 11.5 Å². The van der Waals surface area contributed by atoms with E-state index in [2.05, 4.69) is 13.8 Å². The van der Waals surface area contributed by atoms with Gasteiger partial charge in [0.15, 0.2) is 13.6 Å². The van der Waals surface area contributed by atoms with Gasteiger partial charge in [0.1, 0.15) is 11.5 Å². The van der Waals surface area contributed by atoms with E-state index >= 15 is 0 Å². The molecule has 0 aliphatic heterocycles. The summed E-state index contributed by atoms with van der Waals surface area (Å²) >= 11 is 0. The van der Waals surface area contributed by atoms with E-state index in [9.17, 15) is 5.11 Å². The third kappa shape index (κ3) is 4.67. The molecular weight excluding hydrogens is 260 g/mol. The van der Waals surface area contributed by atoms with Gasteiger partial charge in [0.2, 0.25) is 0 Å². The zero-order chi connectivity index (χ0) is 15.0. The van der Waals surface area contributed by atoms with Crippen molar-refractivity contribution < 1.29 is 24.1 Å². The molecule has 0 atom stereocenters. The van der Waals surface area contributed by atoms with Crippen molar-refractivity contribution in [3.05, 3.63) is 23.3 Å². The van der Waals surface area contributed by atoms with Crippen LogP contribution in [0.25, 0.3) is 0 Å². The van der Waals surface area contributed by atoms with Crippen LogP contribution in [0.5, 0.6) is 11.5 Å². The molecule has 0 heterocycles. The largest absolute Gasteiger partial charge is 0.467 e. The lowest BCUT2D eigenvalue weighted by Gasteiger charge is -2.19. The maximum Gasteiger partial charge on any atom is 0.188 e. The molecule has 5 heteroatoms. The van der Waals surface area contributed by atoms with Crippen LogP contribution >= 0.6 is 0 Å². The van der Waals surface area contributed by atoms with E-state index in [-0.39, 0.29) is 20.2 Å². The Bertz CT molecular complexity index is 403. The van der Waals surface area contributed by atoms with Crippen molar-refractivity contribution in [2.75, 3.05) is 27.8 Å². The molecule has 20 heavy (non-hydrogen) atoms. The number of aliphatic hydroxyl groups excluding tert-OH is 1. The molecule has 0 aliphatic carbocycles. The molecule has 0 unspecified atom stereocenters. The predicted molar refractivity (Wildman–Crippen MR) is 75.9 cm³/mol. The van der Waals surface area contributed by atoms with Gasteiger partial charge in [-0.05, 0) is 24.0 Å². The topological polar surface area (TPSA) is 57.2 Å². The highest BCUT2D eigenvalue weighted by atomic mass is 16.7. The van der Waals surface area contributed by atoms with Crippen molar-refractivity contribution in [2.45, 2.75) is 26.9 Å². The zero-order valence-electron chi connectivity index (χ0n) is 12.6. The van der Waals surface area contributed by atoms with Crippen LogP contribution in [0.15, 0.2) is 12.1 Å². The highest BCUT2D eigenvalue weighted by Gasteiger charge is 2.16. The van der Waals surface area contributed by atoms with Crippen LogP contribution in [-0.2, 0) is 22.5 Å². The van der Waals surface area contributed by atoms with Crippen LogP contribution in [0.1, 0.15) is 25.0 Å². The number of benzene rings is 1. The Labute approximate surface area is 120 Å². The van der Waals surface area contributed by atoms with Crippen molar-refractivity contribution in [1.29, 1.82) is 0 Å². The van der Waals surface area contributed by atoms with Gasteiger partial charge in [-0.3, -0.25) is 0 Å². The van der Waals surface area contributed by atoms with E-state index < -0.39 is 0 Å². The zero-order valence-corrected chi connectivity index (χ0v) is 12.6. The first kappa shape index (κ1) is 16.8. The molecule has 1 N–H and O–H groups in total. The molecule has 1 rings (SSSR count). The summed E-state index contributed by atoms with van der Waals surface area (Å²) in [7, 11) is 3.11. The van der Waals surface area contributed by atoms with Gasteiger partial charge < -0.3 is 24.1 Å². The molecule has 0 spiro atoms. The van der Waals surface area contributed by atoms with Crippen LogP contribution in [0.4, 0.5) is 0 Å². The molecule has 0 amide bonds. The molecule has 0 aliphatic rings. The van der Waals surface area contributed by atoms with Crippen molar-refractivity contribution >= 4 is 0 Å². The maximum absolute atomic E-state index is 9.61. The third-order valence-corrected chi connectivity index (χ3v) is 2.74. The molecule has 0 radical (unpaired) electrons. The Morgan fingerprint density at radius 1 is 1.05 bits per heavy atom. The SMILES string of the molecule is COCOc1ccc(CC(C)C)c(OCOC)c1CO. The summed E-state index contributed by atoms with van der Waals surface area (Å²) in [5.41, 5.74) is 1.66. The molecule has 0 fully saturated rings. The Morgan fingerprint density at radius 3 is 2.25 bits per heavy atom. The first-order valence-electron chi connectivity index (χ1n) is 6.63. The molecule has 5 nitrogen and oxygen atoms in total. The number of aliphatic hydroxyl groups is 1. The minimum atomic E-state index is -0.163. The van der Waals surface area contributed by atoms with Crippen molar-refractivity contribution in [2.24, 2.45) is 5.92 Å². The second kappa shape index (κ2) is 8.79. The first-order chi connectivity index (χ1) is 9.63. The Hall–Kier alpha value is -1.30. The Balaban J connectivity index is 3.11. The Morgan fingerprint density at radius 2 is 1.70 bits per heavy atom. The number of rotatable bonds is 9. The quantitative estimate of drug-likeness (QED) is 0.705. The lowest BCUT2D eigenvalue weighted by atomic mass is 9.99. The highest BCUT2D eigenvalue weighted by Crippen LogP contribution is 2.34. The molecule has 0 aromatic heterocycles. The Kier molecular flexibility index (Phi) is 7.36. The van der Waals surface area contributed by atoms with Gasteiger partial charge in [-0.15, -0.1) is 0 Å². The van der Waals surface area contributed by atoms with Gasteiger partial charge in [0.05, 0.1) is 12.2 Å². The molecule has 0 saturated carbocycles. The van der Waals surface area contributed by atoms with Crippen LogP contribution in [0.3, 0.4) is 0 Å². The fourth-order valence-electron chi connectivity index (χ4n) is 1.96. The lowest BCUT2D eigenvalue weighted by molar-refractivity contribution is 0.0423. The van der Waals surface area contributed by atoms with E-state index in [4.69, 9.17) is 18.9 Å². The van der Waals surface area contributed by atoms with Gasteiger partial charge in [-0.1, -0.05) is 19.9 Å². The van der Waals surface area contributed by atoms with Gasteiger partial charge in [-0.25, -0.2) is 0 Å². The summed E-state index contributed by atoms with van der Waals surface area (Å²) in [6.07, 6.45) is 0.858. The van der Waals surface area contributed by atoms with Crippen LogP contribution in [0.2, 0.25) is 0 Å². The second-order valence-corrected chi connectivity index (χ2v) is 4.89. The fraction of sp³-hybridized carbons (Fsp3) is 0.600. The molecule has 114 valence electrons. The van der Waals surface area contributed by atoms with E-state index in [1.54, 1.807) is 14.2 Å². The van der Waals surface area contributed by atoms with E-state index in [0.29, 0.717) is 23.0 Å². The van der Waals surface area contributed by atoms with Crippen molar-refractivity contribution in [3.63, 3.8) is 0 Å². The van der Waals surface area contributed by atoms with Gasteiger partial charge in [0, 0.05) is 14.2 Å². The first-order valence-corrected chi connectivity index (χ1v) is 6.63. The summed E-state index contributed by atoms with van der Waals surface area (Å²) in [5.74, 6) is 1.68. The smallest absolute Gasteiger partial charge is 0.188 e. The average Bonchev–Trinajstić information content (AvgIpc) is 2.43. The average molecular weight is 284 g/mol. The van der Waals surface area contributed by atoms with Gasteiger partial charge in [-0.2, -0.15) is 0 Å². The number of ether oxygens (including phenoxy) is 4. The van der Waals surface area contributed by atoms with Gasteiger partial charge in [0.25, 0.3) is 0 Å². The lowest BCUT2D eigenvalue weighted by Crippen LogP contribution is -2.09. The number of hydrogen-bond donors (Lipinski definition) is 1. The third-order valence-electron chi connectivity index (χ3n) is 2.74. The summed E-state index contributed by atoms with van der Waals surface area (Å²) < 4.78 is 20.9. The second-order valence-electron chi connectivity index (χ2n) is 4.89. The predicted octanol–water partition coefficient (Wildman–Crippen LogP) is 2.34. The summed E-state index contributed by atoms with van der Waals surface area (Å²) in [6.45, 7) is 4.36. The standard InChI is InChI=1S/C15H24O5/c1-11(2)7-12-5-6-14(19-9-17-3)13(8-16)15(12)20-10-18-4/h5-6,11,16H,7-10H2,1-4H3. The minimum Gasteiger partial charge on any atom is -0.467 e. The highest BCUT2D eigenvalue weighted by molar-refractivity contribution is 5.50. The van der Waals surface area contributed by atoms with Crippen LogP contribution in [0, 0.1) is 5.92 Å². The summed E-state index contributed by atoms with van der Waals surface area (Å²) in [6, 6.07) is 3.79. The van der Waals surface area contributed by atoms with Crippen molar-refractivity contribution in [1.82, 2.24) is 0 Å².